The van der Waals surface area contributed by atoms with Crippen molar-refractivity contribution in [2.45, 2.75) is 44.8 Å². The second-order valence-electron chi connectivity index (χ2n) is 6.46. The molecule has 1 heterocycles. The Balaban J connectivity index is 2.09. The molecule has 1 aromatic rings. The lowest BCUT2D eigenvalue weighted by molar-refractivity contribution is -0.137. The number of fused-ring (bicyclic) bond motifs is 1. The van der Waals surface area contributed by atoms with Crippen molar-refractivity contribution in [3.8, 4) is 5.75 Å². The molecule has 5 heteroatoms. The van der Waals surface area contributed by atoms with Gasteiger partial charge in [-0.3, -0.25) is 4.79 Å². The Labute approximate surface area is 124 Å². The van der Waals surface area contributed by atoms with Crippen LogP contribution >= 0.6 is 0 Å². The minimum absolute atomic E-state index is 0.0268. The summed E-state index contributed by atoms with van der Waals surface area (Å²) in [6, 6.07) is 5.60. The van der Waals surface area contributed by atoms with Gasteiger partial charge in [0.1, 0.15) is 18.5 Å². The van der Waals surface area contributed by atoms with Gasteiger partial charge < -0.3 is 20.3 Å². The molecule has 3 N–H and O–H groups in total. The summed E-state index contributed by atoms with van der Waals surface area (Å²) in [5.74, 6) is -0.143. The van der Waals surface area contributed by atoms with E-state index < -0.39 is 12.1 Å². The van der Waals surface area contributed by atoms with Crippen molar-refractivity contribution in [1.29, 1.82) is 0 Å². The van der Waals surface area contributed by atoms with E-state index in [2.05, 4.69) is 26.1 Å². The third-order valence-electron chi connectivity index (χ3n) is 3.74. The Bertz CT molecular complexity index is 521. The summed E-state index contributed by atoms with van der Waals surface area (Å²) in [7, 11) is 0. The average molecular weight is 293 g/mol. The van der Waals surface area contributed by atoms with Crippen molar-refractivity contribution >= 4 is 5.97 Å². The first kappa shape index (κ1) is 15.8. The van der Waals surface area contributed by atoms with E-state index in [9.17, 15) is 9.90 Å². The SMILES string of the molecule is CC(C)(C)c1ccc2c(c1)OC[C@H](NCCC(=O)O)[C@@H]2O. The monoisotopic (exact) mass is 293 g/mol. The molecule has 0 saturated carbocycles. The van der Waals surface area contributed by atoms with E-state index in [-0.39, 0.29) is 17.9 Å². The van der Waals surface area contributed by atoms with Crippen LogP contribution in [0.1, 0.15) is 44.4 Å². The molecule has 116 valence electrons. The summed E-state index contributed by atoms with van der Waals surface area (Å²) in [6.45, 7) is 7.04. The quantitative estimate of drug-likeness (QED) is 0.789. The molecule has 0 radical (unpaired) electrons. The predicted octanol–water partition coefficient (Wildman–Crippen LogP) is 1.84. The molecule has 1 aromatic carbocycles. The smallest absolute Gasteiger partial charge is 0.304 e. The maximum Gasteiger partial charge on any atom is 0.304 e. The Hall–Kier alpha value is -1.59. The first-order chi connectivity index (χ1) is 9.79. The highest BCUT2D eigenvalue weighted by Crippen LogP contribution is 2.35. The number of benzene rings is 1. The molecule has 5 nitrogen and oxygen atoms in total. The van der Waals surface area contributed by atoms with Crippen LogP contribution in [0.2, 0.25) is 0 Å². The van der Waals surface area contributed by atoms with Gasteiger partial charge >= 0.3 is 5.97 Å². The Kier molecular flexibility index (Phi) is 4.54. The topological polar surface area (TPSA) is 78.8 Å². The molecule has 2 rings (SSSR count). The Morgan fingerprint density at radius 1 is 1.43 bits per heavy atom. The van der Waals surface area contributed by atoms with Crippen LogP contribution in [0.4, 0.5) is 0 Å². The number of aliphatic carboxylic acids is 1. The van der Waals surface area contributed by atoms with Crippen LogP contribution in [0, 0.1) is 0 Å². The number of carboxylic acid groups (broad SMARTS) is 1. The van der Waals surface area contributed by atoms with Gasteiger partial charge in [-0.2, -0.15) is 0 Å². The predicted molar refractivity (Wildman–Crippen MR) is 79.6 cm³/mol. The van der Waals surface area contributed by atoms with Gasteiger partial charge in [-0.05, 0) is 17.0 Å². The number of carbonyl (C=O) groups is 1. The normalized spacial score (nSPS) is 21.5. The van der Waals surface area contributed by atoms with Crippen LogP contribution in [0.3, 0.4) is 0 Å². The van der Waals surface area contributed by atoms with E-state index in [1.807, 2.05) is 18.2 Å². The zero-order chi connectivity index (χ0) is 15.6. The van der Waals surface area contributed by atoms with Gasteiger partial charge in [-0.1, -0.05) is 32.9 Å². The van der Waals surface area contributed by atoms with Crippen molar-refractivity contribution < 1.29 is 19.7 Å². The van der Waals surface area contributed by atoms with E-state index in [1.165, 1.54) is 0 Å². The number of nitrogens with one attached hydrogen (secondary N) is 1. The molecular formula is C16H23NO4. The second kappa shape index (κ2) is 6.03. The van der Waals surface area contributed by atoms with Crippen molar-refractivity contribution in [2.24, 2.45) is 0 Å². The second-order valence-corrected chi connectivity index (χ2v) is 6.46. The van der Waals surface area contributed by atoms with Crippen LogP contribution in [-0.4, -0.2) is 35.4 Å². The number of carboxylic acids is 1. The summed E-state index contributed by atoms with van der Waals surface area (Å²) in [6.07, 6.45) is -0.657. The lowest BCUT2D eigenvalue weighted by atomic mass is 9.85. The van der Waals surface area contributed by atoms with E-state index in [0.717, 1.165) is 11.1 Å². The Morgan fingerprint density at radius 3 is 2.76 bits per heavy atom. The molecule has 0 bridgehead atoms. The third kappa shape index (κ3) is 3.74. The van der Waals surface area contributed by atoms with Gasteiger partial charge in [0.15, 0.2) is 0 Å². The summed E-state index contributed by atoms with van der Waals surface area (Å²) in [4.78, 5) is 10.5. The maximum atomic E-state index is 10.5. The highest BCUT2D eigenvalue weighted by atomic mass is 16.5. The molecule has 0 amide bonds. The van der Waals surface area contributed by atoms with Crippen LogP contribution in [0.5, 0.6) is 5.75 Å². The van der Waals surface area contributed by atoms with Gasteiger partial charge in [0.05, 0.1) is 12.5 Å². The number of rotatable bonds is 4. The van der Waals surface area contributed by atoms with E-state index in [0.29, 0.717) is 18.9 Å². The number of aliphatic hydroxyl groups is 1. The minimum Gasteiger partial charge on any atom is -0.491 e. The average Bonchev–Trinajstić information content (AvgIpc) is 2.39. The van der Waals surface area contributed by atoms with Gasteiger partial charge in [0.25, 0.3) is 0 Å². The molecule has 0 unspecified atom stereocenters. The van der Waals surface area contributed by atoms with Crippen LogP contribution in [-0.2, 0) is 10.2 Å². The molecule has 21 heavy (non-hydrogen) atoms. The number of hydrogen-bond acceptors (Lipinski definition) is 4. The van der Waals surface area contributed by atoms with Crippen LogP contribution < -0.4 is 10.1 Å². The maximum absolute atomic E-state index is 10.5. The molecule has 0 aromatic heterocycles. The molecule has 1 aliphatic heterocycles. The third-order valence-corrected chi connectivity index (χ3v) is 3.74. The van der Waals surface area contributed by atoms with Gasteiger partial charge in [-0.25, -0.2) is 0 Å². The fourth-order valence-electron chi connectivity index (χ4n) is 2.39. The molecule has 0 spiro atoms. The number of aliphatic hydroxyl groups excluding tert-OH is 1. The molecule has 1 aliphatic rings. The fourth-order valence-corrected chi connectivity index (χ4v) is 2.39. The largest absolute Gasteiger partial charge is 0.491 e. The standard InChI is InChI=1S/C16H23NO4/c1-16(2,3)10-4-5-11-13(8-10)21-9-12(15(11)20)17-7-6-14(18)19/h4-5,8,12,15,17,20H,6-7,9H2,1-3H3,(H,18,19)/t12-,15+/m0/s1. The highest BCUT2D eigenvalue weighted by Gasteiger charge is 2.30. The molecule has 0 saturated heterocycles. The summed E-state index contributed by atoms with van der Waals surface area (Å²) < 4.78 is 5.73. The van der Waals surface area contributed by atoms with E-state index in [1.54, 1.807) is 0 Å². The van der Waals surface area contributed by atoms with Crippen molar-refractivity contribution in [2.75, 3.05) is 13.2 Å². The van der Waals surface area contributed by atoms with Crippen LogP contribution in [0.25, 0.3) is 0 Å². The van der Waals surface area contributed by atoms with Crippen molar-refractivity contribution in [1.82, 2.24) is 5.32 Å². The minimum atomic E-state index is -0.857. The first-order valence-electron chi connectivity index (χ1n) is 7.19. The number of ether oxygens (including phenoxy) is 1. The van der Waals surface area contributed by atoms with E-state index >= 15 is 0 Å². The van der Waals surface area contributed by atoms with Crippen molar-refractivity contribution in [3.63, 3.8) is 0 Å². The lowest BCUT2D eigenvalue weighted by Crippen LogP contribution is -2.43. The van der Waals surface area contributed by atoms with Crippen LogP contribution in [0.15, 0.2) is 18.2 Å². The summed E-state index contributed by atoms with van der Waals surface area (Å²) in [5.41, 5.74) is 1.94. The lowest BCUT2D eigenvalue weighted by Gasteiger charge is -2.32. The zero-order valence-electron chi connectivity index (χ0n) is 12.7. The number of hydrogen-bond donors (Lipinski definition) is 3. The summed E-state index contributed by atoms with van der Waals surface area (Å²) >= 11 is 0. The zero-order valence-corrected chi connectivity index (χ0v) is 12.7. The Morgan fingerprint density at radius 2 is 2.14 bits per heavy atom. The van der Waals surface area contributed by atoms with E-state index in [4.69, 9.17) is 9.84 Å². The molecular weight excluding hydrogens is 270 g/mol. The van der Waals surface area contributed by atoms with Gasteiger partial charge in [0.2, 0.25) is 0 Å². The molecule has 0 fully saturated rings. The summed E-state index contributed by atoms with van der Waals surface area (Å²) in [5, 5.41) is 22.1. The highest BCUT2D eigenvalue weighted by molar-refractivity contribution is 5.66. The fraction of sp³-hybridized carbons (Fsp3) is 0.562. The van der Waals surface area contributed by atoms with Gasteiger partial charge in [-0.15, -0.1) is 0 Å². The van der Waals surface area contributed by atoms with Gasteiger partial charge in [0, 0.05) is 12.1 Å². The van der Waals surface area contributed by atoms with Crippen molar-refractivity contribution in [3.05, 3.63) is 29.3 Å². The molecule has 2 atom stereocenters. The molecule has 0 aliphatic carbocycles. The first-order valence-corrected chi connectivity index (χ1v) is 7.19.